The molecule has 0 spiro atoms. The lowest BCUT2D eigenvalue weighted by molar-refractivity contribution is -0.118. The third kappa shape index (κ3) is 3.91. The molecule has 0 saturated carbocycles. The van der Waals surface area contributed by atoms with E-state index in [4.69, 9.17) is 4.74 Å². The molecule has 2 aromatic carbocycles. The van der Waals surface area contributed by atoms with Gasteiger partial charge in [-0.3, -0.25) is 9.36 Å². The van der Waals surface area contributed by atoms with Crippen molar-refractivity contribution in [3.8, 4) is 11.4 Å². The van der Waals surface area contributed by atoms with Gasteiger partial charge in [0.15, 0.2) is 17.3 Å². The van der Waals surface area contributed by atoms with Gasteiger partial charge in [-0.15, -0.1) is 0 Å². The lowest BCUT2D eigenvalue weighted by Gasteiger charge is -2.07. The predicted octanol–water partition coefficient (Wildman–Crippen LogP) is 2.47. The predicted molar refractivity (Wildman–Crippen MR) is 89.4 cm³/mol. The Morgan fingerprint density at radius 2 is 1.81 bits per heavy atom. The van der Waals surface area contributed by atoms with E-state index in [1.54, 1.807) is 0 Å². The Balaban J connectivity index is 1.88. The van der Waals surface area contributed by atoms with Crippen LogP contribution in [0.15, 0.2) is 47.5 Å². The van der Waals surface area contributed by atoms with Crippen molar-refractivity contribution in [2.24, 2.45) is 0 Å². The van der Waals surface area contributed by atoms with E-state index in [0.717, 1.165) is 33.8 Å². The molecule has 3 rings (SSSR count). The van der Waals surface area contributed by atoms with Crippen molar-refractivity contribution in [1.82, 2.24) is 14.3 Å². The van der Waals surface area contributed by atoms with Crippen LogP contribution in [0.1, 0.15) is 12.5 Å². The van der Waals surface area contributed by atoms with Crippen LogP contribution in [0.3, 0.4) is 0 Å². The van der Waals surface area contributed by atoms with Crippen molar-refractivity contribution in [3.05, 3.63) is 76.2 Å². The van der Waals surface area contributed by atoms with Crippen LogP contribution in [0.2, 0.25) is 0 Å². The van der Waals surface area contributed by atoms with Gasteiger partial charge < -0.3 is 4.74 Å². The average Bonchev–Trinajstić information content (AvgIpc) is 2.97. The minimum Gasteiger partial charge on any atom is -0.483 e. The summed E-state index contributed by atoms with van der Waals surface area (Å²) in [5.74, 6) is -2.76. The van der Waals surface area contributed by atoms with Crippen molar-refractivity contribution in [3.63, 3.8) is 0 Å². The molecule has 0 radical (unpaired) electrons. The molecule has 9 heteroatoms. The minimum absolute atomic E-state index is 0.0976. The highest BCUT2D eigenvalue weighted by atomic mass is 19.1. The molecule has 0 saturated heterocycles. The molecule has 0 aliphatic heterocycles. The molecule has 0 amide bonds. The minimum atomic E-state index is -0.785. The van der Waals surface area contributed by atoms with E-state index in [-0.39, 0.29) is 35.9 Å². The smallest absolute Gasteiger partial charge is 0.350 e. The van der Waals surface area contributed by atoms with Crippen LogP contribution < -0.4 is 10.4 Å². The normalized spacial score (nSPS) is 10.8. The summed E-state index contributed by atoms with van der Waals surface area (Å²) in [6.45, 7) is 0.662. The summed E-state index contributed by atoms with van der Waals surface area (Å²) in [5, 5.41) is 3.85. The van der Waals surface area contributed by atoms with Crippen molar-refractivity contribution in [2.75, 3.05) is 6.61 Å². The second-order valence-electron chi connectivity index (χ2n) is 5.76. The molecule has 0 aliphatic rings. The highest BCUT2D eigenvalue weighted by molar-refractivity contribution is 5.77. The van der Waals surface area contributed by atoms with Gasteiger partial charge in [-0.2, -0.15) is 9.78 Å². The number of ether oxygens (including phenoxy) is 1. The van der Waals surface area contributed by atoms with E-state index >= 15 is 0 Å². The third-order valence-corrected chi connectivity index (χ3v) is 3.71. The lowest BCUT2D eigenvalue weighted by atomic mass is 10.2. The van der Waals surface area contributed by atoms with E-state index in [0.29, 0.717) is 0 Å². The molecule has 6 nitrogen and oxygen atoms in total. The molecular formula is C18H14F3N3O3. The zero-order valence-corrected chi connectivity index (χ0v) is 14.2. The zero-order valence-electron chi connectivity index (χ0n) is 14.2. The molecule has 0 fully saturated rings. The van der Waals surface area contributed by atoms with E-state index < -0.39 is 23.1 Å². The van der Waals surface area contributed by atoms with Gasteiger partial charge in [-0.05, 0) is 31.2 Å². The number of carbonyl (C=O) groups is 1. The number of carbonyl (C=O) groups excluding carboxylic acids is 1. The second-order valence-corrected chi connectivity index (χ2v) is 5.76. The molecule has 140 valence electrons. The molecule has 1 heterocycles. The number of rotatable bonds is 6. The number of hydrogen-bond acceptors (Lipinski definition) is 4. The van der Waals surface area contributed by atoms with Crippen LogP contribution in [0.4, 0.5) is 13.2 Å². The van der Waals surface area contributed by atoms with Gasteiger partial charge in [0.25, 0.3) is 0 Å². The van der Waals surface area contributed by atoms with Crippen LogP contribution >= 0.6 is 0 Å². The Labute approximate surface area is 151 Å². The zero-order chi connectivity index (χ0) is 19.6. The molecule has 0 aliphatic carbocycles. The molecule has 0 unspecified atom stereocenters. The van der Waals surface area contributed by atoms with Crippen LogP contribution in [-0.2, 0) is 11.3 Å². The van der Waals surface area contributed by atoms with Crippen molar-refractivity contribution < 1.29 is 22.7 Å². The number of halogens is 3. The standard InChI is InChI=1S/C18H14F3N3O3/c1-11(25)9-27-17-6-5-12(7-16(17)21)24-18(26)23(10-22-24)8-13-14(19)3-2-4-15(13)20/h2-7,10H,8-9H2,1H3. The van der Waals surface area contributed by atoms with E-state index in [2.05, 4.69) is 5.10 Å². The van der Waals surface area contributed by atoms with Gasteiger partial charge in [0.2, 0.25) is 0 Å². The monoisotopic (exact) mass is 377 g/mol. The molecule has 27 heavy (non-hydrogen) atoms. The Kier molecular flexibility index (Phi) is 5.11. The summed E-state index contributed by atoms with van der Waals surface area (Å²) >= 11 is 0. The first kappa shape index (κ1) is 18.4. The fraction of sp³-hybridized carbons (Fsp3) is 0.167. The largest absolute Gasteiger partial charge is 0.483 e. The van der Waals surface area contributed by atoms with Crippen LogP contribution in [0.5, 0.6) is 5.75 Å². The van der Waals surface area contributed by atoms with Crippen molar-refractivity contribution >= 4 is 5.78 Å². The SMILES string of the molecule is CC(=O)COc1ccc(-n2ncn(Cc3c(F)cccc3F)c2=O)cc1F. The number of Topliss-reactive ketones (excluding diaryl/α,β-unsaturated/α-hetero) is 1. The summed E-state index contributed by atoms with van der Waals surface area (Å²) < 4.78 is 48.5. The maximum atomic E-state index is 14.1. The van der Waals surface area contributed by atoms with Crippen molar-refractivity contribution in [2.45, 2.75) is 13.5 Å². The van der Waals surface area contributed by atoms with Gasteiger partial charge in [-0.25, -0.2) is 18.0 Å². The topological polar surface area (TPSA) is 66.1 Å². The van der Waals surface area contributed by atoms with Crippen LogP contribution in [0, 0.1) is 17.5 Å². The average molecular weight is 377 g/mol. The summed E-state index contributed by atoms with van der Waals surface area (Å²) in [6, 6.07) is 7.04. The lowest BCUT2D eigenvalue weighted by Crippen LogP contribution is -2.24. The Morgan fingerprint density at radius 3 is 2.44 bits per heavy atom. The first-order valence-corrected chi connectivity index (χ1v) is 7.86. The quantitative estimate of drug-likeness (QED) is 0.662. The maximum Gasteiger partial charge on any atom is 0.350 e. The Hall–Kier alpha value is -3.36. The Morgan fingerprint density at radius 1 is 1.11 bits per heavy atom. The third-order valence-electron chi connectivity index (χ3n) is 3.71. The highest BCUT2D eigenvalue weighted by Crippen LogP contribution is 2.20. The summed E-state index contributed by atoms with van der Waals surface area (Å²) in [5.41, 5.74) is -0.881. The number of hydrogen-bond donors (Lipinski definition) is 0. The number of ketones is 1. The molecule has 0 N–H and O–H groups in total. The molecule has 3 aromatic rings. The fourth-order valence-corrected chi connectivity index (χ4v) is 2.39. The highest BCUT2D eigenvalue weighted by Gasteiger charge is 2.14. The Bertz CT molecular complexity index is 1040. The molecular weight excluding hydrogens is 363 g/mol. The van der Waals surface area contributed by atoms with E-state index in [9.17, 15) is 22.8 Å². The van der Waals surface area contributed by atoms with Gasteiger partial charge in [0, 0.05) is 11.6 Å². The van der Waals surface area contributed by atoms with E-state index in [1.807, 2.05) is 0 Å². The van der Waals surface area contributed by atoms with Crippen LogP contribution in [0.25, 0.3) is 5.69 Å². The number of nitrogens with zero attached hydrogens (tertiary/aromatic N) is 3. The molecule has 0 bridgehead atoms. The number of aromatic nitrogens is 3. The van der Waals surface area contributed by atoms with Gasteiger partial charge >= 0.3 is 5.69 Å². The summed E-state index contributed by atoms with van der Waals surface area (Å²) in [6.07, 6.45) is 1.10. The second kappa shape index (κ2) is 7.48. The summed E-state index contributed by atoms with van der Waals surface area (Å²) in [7, 11) is 0. The first-order chi connectivity index (χ1) is 12.9. The summed E-state index contributed by atoms with van der Waals surface area (Å²) in [4.78, 5) is 23.3. The molecule has 1 aromatic heterocycles. The van der Waals surface area contributed by atoms with Gasteiger partial charge in [-0.1, -0.05) is 6.07 Å². The van der Waals surface area contributed by atoms with Crippen LogP contribution in [-0.4, -0.2) is 26.7 Å². The van der Waals surface area contributed by atoms with Crippen molar-refractivity contribution in [1.29, 1.82) is 0 Å². The fourth-order valence-electron chi connectivity index (χ4n) is 2.39. The first-order valence-electron chi connectivity index (χ1n) is 7.86. The maximum absolute atomic E-state index is 14.1. The van der Waals surface area contributed by atoms with E-state index in [1.165, 1.54) is 25.1 Å². The van der Waals surface area contributed by atoms with Gasteiger partial charge in [0.05, 0.1) is 12.2 Å². The molecule has 0 atom stereocenters. The number of benzene rings is 2. The van der Waals surface area contributed by atoms with Gasteiger partial charge in [0.1, 0.15) is 24.6 Å².